The highest BCUT2D eigenvalue weighted by atomic mass is 19.1. The lowest BCUT2D eigenvalue weighted by atomic mass is 10.0. The fraction of sp³-hybridized carbons (Fsp3) is 0.500. The molecule has 2 unspecified atom stereocenters. The molecular formula is C14H19FN2O. The van der Waals surface area contributed by atoms with Crippen LogP contribution in [0.1, 0.15) is 35.7 Å². The summed E-state index contributed by atoms with van der Waals surface area (Å²) < 4.78 is 13.0. The molecule has 0 bridgehead atoms. The van der Waals surface area contributed by atoms with Gasteiger partial charge in [-0.2, -0.15) is 0 Å². The fourth-order valence-corrected chi connectivity index (χ4v) is 2.27. The number of carbonyl (C=O) groups excluding carboxylic acids is 1. The maximum atomic E-state index is 13.0. The van der Waals surface area contributed by atoms with Crippen LogP contribution in [0.2, 0.25) is 0 Å². The third-order valence-corrected chi connectivity index (χ3v) is 3.43. The smallest absolute Gasteiger partial charge is 0.251 e. The van der Waals surface area contributed by atoms with Gasteiger partial charge in [0.25, 0.3) is 5.91 Å². The van der Waals surface area contributed by atoms with Gasteiger partial charge in [0.15, 0.2) is 0 Å². The van der Waals surface area contributed by atoms with E-state index in [1.54, 1.807) is 13.0 Å². The molecule has 0 spiro atoms. The molecule has 1 amide bonds. The Morgan fingerprint density at radius 3 is 2.83 bits per heavy atom. The van der Waals surface area contributed by atoms with Gasteiger partial charge in [-0.3, -0.25) is 4.79 Å². The summed E-state index contributed by atoms with van der Waals surface area (Å²) >= 11 is 0. The van der Waals surface area contributed by atoms with Gasteiger partial charge >= 0.3 is 0 Å². The number of hydrogen-bond donors (Lipinski definition) is 2. The minimum absolute atomic E-state index is 0.117. The van der Waals surface area contributed by atoms with Gasteiger partial charge in [-0.25, -0.2) is 4.39 Å². The largest absolute Gasteiger partial charge is 0.348 e. The minimum Gasteiger partial charge on any atom is -0.348 e. The Bertz CT molecular complexity index is 439. The van der Waals surface area contributed by atoms with Crippen molar-refractivity contribution in [3.05, 3.63) is 35.1 Å². The first-order chi connectivity index (χ1) is 8.56. The number of amides is 1. The van der Waals surface area contributed by atoms with Crippen LogP contribution in [-0.2, 0) is 0 Å². The lowest BCUT2D eigenvalue weighted by Crippen LogP contribution is -2.48. The van der Waals surface area contributed by atoms with Gasteiger partial charge in [0.1, 0.15) is 5.82 Å². The zero-order valence-electron chi connectivity index (χ0n) is 10.8. The molecule has 0 aromatic heterocycles. The van der Waals surface area contributed by atoms with Crippen LogP contribution in [0.3, 0.4) is 0 Å². The van der Waals surface area contributed by atoms with Crippen molar-refractivity contribution < 1.29 is 9.18 Å². The van der Waals surface area contributed by atoms with Gasteiger partial charge in [0, 0.05) is 24.2 Å². The molecule has 1 saturated heterocycles. The van der Waals surface area contributed by atoms with Crippen LogP contribution in [0.25, 0.3) is 0 Å². The van der Waals surface area contributed by atoms with Crippen molar-refractivity contribution in [2.75, 3.05) is 6.54 Å². The number of piperidine rings is 1. The topological polar surface area (TPSA) is 41.1 Å². The molecule has 2 rings (SSSR count). The number of nitrogens with one attached hydrogen (secondary N) is 2. The Labute approximate surface area is 107 Å². The molecule has 1 aliphatic heterocycles. The van der Waals surface area contributed by atoms with Gasteiger partial charge < -0.3 is 10.6 Å². The van der Waals surface area contributed by atoms with Crippen LogP contribution in [0.5, 0.6) is 0 Å². The van der Waals surface area contributed by atoms with Crippen LogP contribution < -0.4 is 10.6 Å². The summed E-state index contributed by atoms with van der Waals surface area (Å²) in [6, 6.07) is 4.93. The predicted molar refractivity (Wildman–Crippen MR) is 69.1 cm³/mol. The van der Waals surface area contributed by atoms with E-state index in [0.717, 1.165) is 19.4 Å². The quantitative estimate of drug-likeness (QED) is 0.843. The van der Waals surface area contributed by atoms with E-state index in [1.165, 1.54) is 12.1 Å². The van der Waals surface area contributed by atoms with Crippen molar-refractivity contribution in [2.24, 2.45) is 0 Å². The Morgan fingerprint density at radius 2 is 2.22 bits per heavy atom. The lowest BCUT2D eigenvalue weighted by molar-refractivity contribution is 0.0927. The number of aryl methyl sites for hydroxylation is 1. The lowest BCUT2D eigenvalue weighted by Gasteiger charge is -2.28. The molecule has 1 heterocycles. The predicted octanol–water partition coefficient (Wildman–Crippen LogP) is 2.00. The van der Waals surface area contributed by atoms with E-state index in [9.17, 15) is 9.18 Å². The van der Waals surface area contributed by atoms with Crippen LogP contribution in [0, 0.1) is 12.7 Å². The Balaban J connectivity index is 1.99. The molecule has 1 aliphatic rings. The number of halogens is 1. The Kier molecular flexibility index (Phi) is 3.97. The maximum absolute atomic E-state index is 13.0. The number of rotatable bonds is 2. The molecular weight excluding hydrogens is 231 g/mol. The number of carbonyl (C=O) groups is 1. The van der Waals surface area contributed by atoms with Crippen molar-refractivity contribution in [2.45, 2.75) is 38.8 Å². The van der Waals surface area contributed by atoms with E-state index in [4.69, 9.17) is 0 Å². The molecule has 3 nitrogen and oxygen atoms in total. The van der Waals surface area contributed by atoms with E-state index in [1.807, 2.05) is 0 Å². The third-order valence-electron chi connectivity index (χ3n) is 3.43. The van der Waals surface area contributed by atoms with E-state index in [0.29, 0.717) is 17.2 Å². The maximum Gasteiger partial charge on any atom is 0.251 e. The van der Waals surface area contributed by atoms with Gasteiger partial charge in [0.2, 0.25) is 0 Å². The first kappa shape index (κ1) is 13.0. The molecule has 2 atom stereocenters. The van der Waals surface area contributed by atoms with E-state index >= 15 is 0 Å². The number of benzene rings is 1. The summed E-state index contributed by atoms with van der Waals surface area (Å²) in [4.78, 5) is 12.1. The summed E-state index contributed by atoms with van der Waals surface area (Å²) in [6.07, 6.45) is 2.05. The third kappa shape index (κ3) is 3.07. The number of hydrogen-bond acceptors (Lipinski definition) is 2. The molecule has 1 aromatic carbocycles. The summed E-state index contributed by atoms with van der Waals surface area (Å²) in [5, 5.41) is 6.33. The van der Waals surface area contributed by atoms with Crippen molar-refractivity contribution in [1.29, 1.82) is 0 Å². The second-order valence-electron chi connectivity index (χ2n) is 5.02. The first-order valence-electron chi connectivity index (χ1n) is 6.36. The first-order valence-corrected chi connectivity index (χ1v) is 6.36. The molecule has 2 N–H and O–H groups in total. The van der Waals surface area contributed by atoms with Gasteiger partial charge in [-0.15, -0.1) is 0 Å². The van der Waals surface area contributed by atoms with Crippen molar-refractivity contribution in [1.82, 2.24) is 10.6 Å². The van der Waals surface area contributed by atoms with E-state index < -0.39 is 0 Å². The Morgan fingerprint density at radius 1 is 1.44 bits per heavy atom. The highest BCUT2D eigenvalue weighted by molar-refractivity contribution is 5.95. The van der Waals surface area contributed by atoms with Crippen LogP contribution in [0.15, 0.2) is 18.2 Å². The molecule has 1 aromatic rings. The average molecular weight is 250 g/mol. The van der Waals surface area contributed by atoms with E-state index in [-0.39, 0.29) is 17.8 Å². The molecule has 1 fully saturated rings. The summed E-state index contributed by atoms with van der Waals surface area (Å²) in [6.45, 7) is 4.69. The zero-order chi connectivity index (χ0) is 13.1. The van der Waals surface area contributed by atoms with Crippen molar-refractivity contribution in [3.63, 3.8) is 0 Å². The van der Waals surface area contributed by atoms with Gasteiger partial charge in [0.05, 0.1) is 0 Å². The summed E-state index contributed by atoms with van der Waals surface area (Å²) in [7, 11) is 0. The average Bonchev–Trinajstić information content (AvgIpc) is 2.32. The molecule has 18 heavy (non-hydrogen) atoms. The summed E-state index contributed by atoms with van der Waals surface area (Å²) in [5.74, 6) is -0.425. The highest BCUT2D eigenvalue weighted by Crippen LogP contribution is 2.12. The normalized spacial score (nSPS) is 23.7. The second kappa shape index (κ2) is 5.48. The van der Waals surface area contributed by atoms with Gasteiger partial charge in [-0.1, -0.05) is 0 Å². The van der Waals surface area contributed by atoms with Crippen molar-refractivity contribution in [3.8, 4) is 0 Å². The van der Waals surface area contributed by atoms with Crippen molar-refractivity contribution >= 4 is 5.91 Å². The molecule has 0 saturated carbocycles. The van der Waals surface area contributed by atoms with Crippen LogP contribution in [0.4, 0.5) is 4.39 Å². The molecule has 98 valence electrons. The standard InChI is InChI=1S/C14H19FN2O/c1-9-7-11(15)4-6-13(9)14(18)17-12-5-3-10(2)16-8-12/h4,6-7,10,12,16H,3,5,8H2,1-2H3,(H,17,18). The molecule has 4 heteroatoms. The van der Waals surface area contributed by atoms with E-state index in [2.05, 4.69) is 17.6 Å². The molecule has 0 aliphatic carbocycles. The second-order valence-corrected chi connectivity index (χ2v) is 5.02. The summed E-state index contributed by atoms with van der Waals surface area (Å²) in [5.41, 5.74) is 1.22. The highest BCUT2D eigenvalue weighted by Gasteiger charge is 2.20. The van der Waals surface area contributed by atoms with Crippen LogP contribution >= 0.6 is 0 Å². The zero-order valence-corrected chi connectivity index (χ0v) is 10.8. The SMILES string of the molecule is Cc1cc(F)ccc1C(=O)NC1CCC(C)NC1. The van der Waals surface area contributed by atoms with Crippen LogP contribution in [-0.4, -0.2) is 24.5 Å². The fourth-order valence-electron chi connectivity index (χ4n) is 2.27. The molecule has 0 radical (unpaired) electrons. The van der Waals surface area contributed by atoms with Gasteiger partial charge in [-0.05, 0) is 50.5 Å². The monoisotopic (exact) mass is 250 g/mol. The minimum atomic E-state index is -0.308. The Hall–Kier alpha value is -1.42.